The summed E-state index contributed by atoms with van der Waals surface area (Å²) in [6.45, 7) is 10.3. The van der Waals surface area contributed by atoms with E-state index in [9.17, 15) is 18.0 Å². The summed E-state index contributed by atoms with van der Waals surface area (Å²) in [6.07, 6.45) is -1.68. The number of benzene rings is 3. The monoisotopic (exact) mass is 648 g/mol. The summed E-state index contributed by atoms with van der Waals surface area (Å²) >= 11 is 1.44. The predicted molar refractivity (Wildman–Crippen MR) is 172 cm³/mol. The molecule has 1 N–H and O–H groups in total. The topological polar surface area (TPSA) is 86.3 Å². The number of carbonyl (C=O) groups is 1. The molecule has 1 unspecified atom stereocenters. The van der Waals surface area contributed by atoms with Crippen molar-refractivity contribution in [2.75, 3.05) is 0 Å². The molecule has 0 saturated carbocycles. The number of ether oxygens (including phenoxy) is 1. The van der Waals surface area contributed by atoms with Crippen LogP contribution < -0.4 is 14.9 Å². The van der Waals surface area contributed by atoms with Crippen molar-refractivity contribution in [2.45, 2.75) is 59.9 Å². The number of carbonyl (C=O) groups excluding carboxylic acids is 1. The quantitative estimate of drug-likeness (QED) is 0.177. The Morgan fingerprint density at radius 1 is 1.04 bits per heavy atom. The molecule has 0 spiro atoms. The molecule has 2 heterocycles. The number of hydrogen-bond donors (Lipinski definition) is 1. The number of alkyl halides is 3. The minimum atomic E-state index is -4.75. The molecule has 12 heteroatoms. The number of hydrogen-bond acceptors (Lipinski definition) is 5. The number of aromatic nitrogens is 4. The van der Waals surface area contributed by atoms with Gasteiger partial charge in [0.25, 0.3) is 0 Å². The Morgan fingerprint density at radius 3 is 2.41 bits per heavy atom. The molecule has 5 aromatic rings. The van der Waals surface area contributed by atoms with Crippen molar-refractivity contribution in [1.29, 1.82) is 0 Å². The highest BCUT2D eigenvalue weighted by atomic mass is 32.1. The number of halogens is 3. The Hall–Kier alpha value is -4.71. The lowest BCUT2D eigenvalue weighted by molar-refractivity contribution is -0.274. The van der Waals surface area contributed by atoms with Crippen LogP contribution in [0.5, 0.6) is 5.75 Å². The number of amides is 2. The number of aryl methyl sites for hydroxylation is 2. The third-order valence-electron chi connectivity index (χ3n) is 7.90. The Bertz CT molecular complexity index is 1870. The zero-order valence-corrected chi connectivity index (χ0v) is 27.0. The van der Waals surface area contributed by atoms with Gasteiger partial charge in [0.15, 0.2) is 10.6 Å². The number of nitrogens with one attached hydrogen (secondary N) is 1. The lowest BCUT2D eigenvalue weighted by Crippen LogP contribution is -2.43. The smallest absolute Gasteiger partial charge is 0.406 e. The van der Waals surface area contributed by atoms with Crippen LogP contribution in [0, 0.1) is 12.3 Å². The summed E-state index contributed by atoms with van der Waals surface area (Å²) in [5.41, 5.74) is 5.36. The standard InChI is InChI=1S/C34H35F3N6O2S/c1-6-25-9-7-8-10-29(25)43-22(2)20-46-32(43)40-31(44)39-23(3)33(4,5)19-24-11-13-26(14-12-24)30-38-21-42(41-30)27-15-17-28(18-16-27)45-34(35,36)37/h7-18,20-21,23H,6,19H2,1-5H3,(H,39,44)/b40-32-. The van der Waals surface area contributed by atoms with Crippen molar-refractivity contribution < 1.29 is 22.7 Å². The van der Waals surface area contributed by atoms with E-state index in [0.29, 0.717) is 22.7 Å². The molecule has 0 aliphatic heterocycles. The molecule has 0 aliphatic rings. The molecule has 0 fully saturated rings. The number of para-hydroxylation sites is 1. The molecule has 2 amide bonds. The summed E-state index contributed by atoms with van der Waals surface area (Å²) in [5, 5.41) is 9.56. The lowest BCUT2D eigenvalue weighted by atomic mass is 9.79. The molecular formula is C34H35F3N6O2S. The summed E-state index contributed by atoms with van der Waals surface area (Å²) in [6, 6.07) is 20.8. The minimum Gasteiger partial charge on any atom is -0.406 e. The first-order valence-corrected chi connectivity index (χ1v) is 15.7. The van der Waals surface area contributed by atoms with Crippen LogP contribution in [0.25, 0.3) is 22.8 Å². The third kappa shape index (κ3) is 7.74. The molecule has 46 heavy (non-hydrogen) atoms. The van der Waals surface area contributed by atoms with Crippen LogP contribution in [0.3, 0.4) is 0 Å². The Labute approximate surface area is 269 Å². The van der Waals surface area contributed by atoms with Crippen molar-refractivity contribution in [2.24, 2.45) is 10.4 Å². The molecule has 8 nitrogen and oxygen atoms in total. The second kappa shape index (κ2) is 13.3. The molecule has 2 aromatic heterocycles. The fourth-order valence-electron chi connectivity index (χ4n) is 5.06. The molecule has 240 valence electrons. The summed E-state index contributed by atoms with van der Waals surface area (Å²) in [7, 11) is 0. The van der Waals surface area contributed by atoms with E-state index >= 15 is 0 Å². The van der Waals surface area contributed by atoms with Crippen molar-refractivity contribution >= 4 is 17.4 Å². The van der Waals surface area contributed by atoms with Crippen LogP contribution in [-0.4, -0.2) is 37.8 Å². The van der Waals surface area contributed by atoms with Crippen LogP contribution >= 0.6 is 11.3 Å². The number of rotatable bonds is 9. The van der Waals surface area contributed by atoms with Crippen molar-refractivity contribution in [3.63, 3.8) is 0 Å². The molecular weight excluding hydrogens is 613 g/mol. The average molecular weight is 649 g/mol. The van der Waals surface area contributed by atoms with Gasteiger partial charge in [0, 0.05) is 22.7 Å². The molecule has 0 bridgehead atoms. The van der Waals surface area contributed by atoms with Crippen LogP contribution in [0.2, 0.25) is 0 Å². The Kier molecular flexibility index (Phi) is 9.47. The van der Waals surface area contributed by atoms with Gasteiger partial charge in [0.2, 0.25) is 0 Å². The number of nitrogens with zero attached hydrogens (tertiary/aromatic N) is 5. The van der Waals surface area contributed by atoms with E-state index in [0.717, 1.165) is 28.9 Å². The van der Waals surface area contributed by atoms with Crippen LogP contribution in [0.15, 0.2) is 89.5 Å². The second-order valence-corrected chi connectivity index (χ2v) is 12.5. The summed E-state index contributed by atoms with van der Waals surface area (Å²) in [5.74, 6) is 0.170. The largest absolute Gasteiger partial charge is 0.573 e. The first-order valence-electron chi connectivity index (χ1n) is 14.8. The fourth-order valence-corrected chi connectivity index (χ4v) is 5.93. The van der Waals surface area contributed by atoms with Gasteiger partial charge in [-0.2, -0.15) is 4.99 Å². The van der Waals surface area contributed by atoms with Gasteiger partial charge in [-0.25, -0.2) is 14.5 Å². The van der Waals surface area contributed by atoms with Gasteiger partial charge in [-0.1, -0.05) is 63.2 Å². The van der Waals surface area contributed by atoms with Crippen LogP contribution in [0.1, 0.15) is 44.5 Å². The van der Waals surface area contributed by atoms with E-state index in [4.69, 9.17) is 0 Å². The van der Waals surface area contributed by atoms with Crippen molar-refractivity contribution in [3.8, 4) is 28.5 Å². The summed E-state index contributed by atoms with van der Waals surface area (Å²) in [4.78, 5) is 22.5. The highest BCUT2D eigenvalue weighted by Gasteiger charge is 2.31. The van der Waals surface area contributed by atoms with E-state index in [1.54, 1.807) is 0 Å². The molecule has 1 atom stereocenters. The predicted octanol–water partition coefficient (Wildman–Crippen LogP) is 7.82. The van der Waals surface area contributed by atoms with Gasteiger partial charge >= 0.3 is 12.4 Å². The average Bonchev–Trinajstić information content (AvgIpc) is 3.64. The van der Waals surface area contributed by atoms with Gasteiger partial charge in [-0.05, 0) is 73.6 Å². The maximum atomic E-state index is 13.1. The van der Waals surface area contributed by atoms with Crippen molar-refractivity contribution in [1.82, 2.24) is 24.6 Å². The molecule has 0 saturated heterocycles. The second-order valence-electron chi connectivity index (χ2n) is 11.7. The zero-order chi connectivity index (χ0) is 33.1. The van der Waals surface area contributed by atoms with E-state index < -0.39 is 6.36 Å². The molecule has 0 aliphatic carbocycles. The lowest BCUT2D eigenvalue weighted by Gasteiger charge is -2.32. The maximum Gasteiger partial charge on any atom is 0.573 e. The van der Waals surface area contributed by atoms with E-state index in [-0.39, 0.29) is 23.2 Å². The van der Waals surface area contributed by atoms with Crippen LogP contribution in [-0.2, 0) is 12.8 Å². The zero-order valence-electron chi connectivity index (χ0n) is 26.2. The van der Waals surface area contributed by atoms with Gasteiger partial charge in [0.1, 0.15) is 12.1 Å². The van der Waals surface area contributed by atoms with E-state index in [1.807, 2.05) is 66.3 Å². The highest BCUT2D eigenvalue weighted by Crippen LogP contribution is 2.28. The third-order valence-corrected chi connectivity index (χ3v) is 8.84. The number of urea groups is 1. The SMILES string of the molecule is CCc1ccccc1-n1c(C)cs/c1=N\C(=O)NC(C)C(C)(C)Cc1ccc(-c2ncn(-c3ccc(OC(F)(F)F)cc3)n2)cc1. The summed E-state index contributed by atoms with van der Waals surface area (Å²) < 4.78 is 44.8. The Balaban J connectivity index is 1.23. The Morgan fingerprint density at radius 2 is 1.74 bits per heavy atom. The van der Waals surface area contributed by atoms with Gasteiger partial charge in [-0.3, -0.25) is 4.57 Å². The number of thiazole rings is 1. The van der Waals surface area contributed by atoms with E-state index in [2.05, 4.69) is 52.0 Å². The fraction of sp³-hybridized carbons (Fsp3) is 0.294. The van der Waals surface area contributed by atoms with Crippen LogP contribution in [0.4, 0.5) is 18.0 Å². The first-order chi connectivity index (χ1) is 21.8. The van der Waals surface area contributed by atoms with Gasteiger partial charge in [0.05, 0.1) is 11.4 Å². The van der Waals surface area contributed by atoms with E-state index in [1.165, 1.54) is 52.2 Å². The molecule has 3 aromatic carbocycles. The molecule has 5 rings (SSSR count). The normalized spacial score (nSPS) is 13.1. The first kappa shape index (κ1) is 32.7. The minimum absolute atomic E-state index is 0.175. The van der Waals surface area contributed by atoms with Crippen molar-refractivity contribution in [3.05, 3.63) is 106 Å². The maximum absolute atomic E-state index is 13.1. The van der Waals surface area contributed by atoms with Gasteiger partial charge < -0.3 is 10.1 Å². The van der Waals surface area contributed by atoms with Gasteiger partial charge in [-0.15, -0.1) is 29.6 Å². The highest BCUT2D eigenvalue weighted by molar-refractivity contribution is 7.07. The molecule has 0 radical (unpaired) electrons.